The number of hydrogen-bond donors (Lipinski definition) is 1. The Morgan fingerprint density at radius 2 is 1.77 bits per heavy atom. The number of halogens is 1. The number of amides is 2. The minimum absolute atomic E-state index is 0.00921. The third-order valence-electron chi connectivity index (χ3n) is 4.76. The molecule has 0 spiro atoms. The fourth-order valence-electron chi connectivity index (χ4n) is 3.15. The fraction of sp³-hybridized carbons (Fsp3) is 0.364. The Labute approximate surface area is 190 Å². The first kappa shape index (κ1) is 22.7. The number of carbonyl (C=O) groups is 2. The minimum Gasteiger partial charge on any atom is -0.378 e. The highest BCUT2D eigenvalue weighted by Gasteiger charge is 2.20. The van der Waals surface area contributed by atoms with Gasteiger partial charge in [-0.2, -0.15) is 0 Å². The van der Waals surface area contributed by atoms with Crippen LogP contribution in [0.15, 0.2) is 57.9 Å². The minimum atomic E-state index is -0.281. The first-order valence-corrected chi connectivity index (χ1v) is 11.5. The molecule has 0 saturated carbocycles. The number of carbonyl (C=O) groups excluding carboxylic acids is 2. The highest BCUT2D eigenvalue weighted by atomic mass is 79.9. The van der Waals surface area contributed by atoms with E-state index < -0.39 is 0 Å². The van der Waals surface area contributed by atoms with Gasteiger partial charge in [-0.05, 0) is 55.5 Å². The van der Waals surface area contributed by atoms with Gasteiger partial charge >= 0.3 is 0 Å². The van der Waals surface area contributed by atoms with Crippen molar-refractivity contribution in [3.05, 3.63) is 53.0 Å². The first-order valence-electron chi connectivity index (χ1n) is 9.82. The SMILES string of the molecule is CC(Sc1ccc(Br)cc1)C(=O)N(C)CC(=O)Nc1ccc(N2CCOCC2)cc1. The molecule has 1 unspecified atom stereocenters. The summed E-state index contributed by atoms with van der Waals surface area (Å²) in [6, 6.07) is 15.6. The number of anilines is 2. The maximum atomic E-state index is 12.6. The molecule has 1 atom stereocenters. The van der Waals surface area contributed by atoms with E-state index in [4.69, 9.17) is 4.74 Å². The maximum absolute atomic E-state index is 12.6. The lowest BCUT2D eigenvalue weighted by Crippen LogP contribution is -2.39. The molecule has 1 N–H and O–H groups in total. The summed E-state index contributed by atoms with van der Waals surface area (Å²) in [5.41, 5.74) is 1.83. The molecule has 1 saturated heterocycles. The van der Waals surface area contributed by atoms with Crippen LogP contribution in [0, 0.1) is 0 Å². The van der Waals surface area contributed by atoms with Gasteiger partial charge in [0.25, 0.3) is 0 Å². The summed E-state index contributed by atoms with van der Waals surface area (Å²) in [4.78, 5) is 29.7. The molecular formula is C22H26BrN3O3S. The molecule has 160 valence electrons. The molecule has 2 amide bonds. The van der Waals surface area contributed by atoms with Crippen molar-refractivity contribution in [3.63, 3.8) is 0 Å². The lowest BCUT2D eigenvalue weighted by atomic mass is 10.2. The molecule has 30 heavy (non-hydrogen) atoms. The lowest BCUT2D eigenvalue weighted by molar-refractivity contribution is -0.132. The lowest BCUT2D eigenvalue weighted by Gasteiger charge is -2.29. The van der Waals surface area contributed by atoms with E-state index in [0.29, 0.717) is 0 Å². The third kappa shape index (κ3) is 6.48. The fourth-order valence-corrected chi connectivity index (χ4v) is 4.40. The summed E-state index contributed by atoms with van der Waals surface area (Å²) < 4.78 is 6.37. The number of rotatable bonds is 7. The van der Waals surface area contributed by atoms with Crippen molar-refractivity contribution in [1.82, 2.24) is 4.90 Å². The molecule has 1 heterocycles. The van der Waals surface area contributed by atoms with Crippen molar-refractivity contribution in [2.75, 3.05) is 50.1 Å². The van der Waals surface area contributed by atoms with Crippen LogP contribution in [-0.4, -0.2) is 61.9 Å². The largest absolute Gasteiger partial charge is 0.378 e. The number of nitrogens with one attached hydrogen (secondary N) is 1. The molecule has 2 aromatic rings. The predicted octanol–water partition coefficient (Wildman–Crippen LogP) is 3.86. The molecule has 0 bridgehead atoms. The summed E-state index contributed by atoms with van der Waals surface area (Å²) in [6.07, 6.45) is 0. The molecular weight excluding hydrogens is 466 g/mol. The number of ether oxygens (including phenoxy) is 1. The average molecular weight is 492 g/mol. The Morgan fingerprint density at radius 3 is 2.40 bits per heavy atom. The molecule has 1 aliphatic rings. The highest BCUT2D eigenvalue weighted by Crippen LogP contribution is 2.26. The van der Waals surface area contributed by atoms with Crippen LogP contribution in [0.3, 0.4) is 0 Å². The zero-order valence-corrected chi connectivity index (χ0v) is 19.5. The second kappa shape index (κ2) is 10.8. The maximum Gasteiger partial charge on any atom is 0.243 e. The van der Waals surface area contributed by atoms with Crippen molar-refractivity contribution >= 4 is 50.9 Å². The van der Waals surface area contributed by atoms with Crippen molar-refractivity contribution in [2.24, 2.45) is 0 Å². The van der Waals surface area contributed by atoms with Crippen LogP contribution >= 0.6 is 27.7 Å². The smallest absolute Gasteiger partial charge is 0.243 e. The standard InChI is InChI=1S/C22H26BrN3O3S/c1-16(30-20-9-3-17(23)4-10-20)22(28)25(2)15-21(27)24-18-5-7-19(8-6-18)26-11-13-29-14-12-26/h3-10,16H,11-15H2,1-2H3,(H,24,27). The molecule has 0 aliphatic carbocycles. The van der Waals surface area contributed by atoms with E-state index in [1.54, 1.807) is 7.05 Å². The van der Waals surface area contributed by atoms with E-state index in [1.807, 2.05) is 55.5 Å². The van der Waals surface area contributed by atoms with Gasteiger partial charge in [-0.15, -0.1) is 11.8 Å². The zero-order chi connectivity index (χ0) is 21.5. The second-order valence-corrected chi connectivity index (χ2v) is 9.43. The van der Waals surface area contributed by atoms with Crippen LogP contribution in [0.5, 0.6) is 0 Å². The van der Waals surface area contributed by atoms with Crippen LogP contribution in [0.2, 0.25) is 0 Å². The Hall–Kier alpha value is -2.03. The van der Waals surface area contributed by atoms with E-state index in [2.05, 4.69) is 26.1 Å². The van der Waals surface area contributed by atoms with Crippen molar-refractivity contribution in [1.29, 1.82) is 0 Å². The van der Waals surface area contributed by atoms with Gasteiger partial charge in [-0.3, -0.25) is 9.59 Å². The van der Waals surface area contributed by atoms with Gasteiger partial charge in [-0.1, -0.05) is 15.9 Å². The van der Waals surface area contributed by atoms with E-state index >= 15 is 0 Å². The molecule has 1 fully saturated rings. The van der Waals surface area contributed by atoms with Gasteiger partial charge in [0.2, 0.25) is 11.8 Å². The average Bonchev–Trinajstić information content (AvgIpc) is 2.75. The number of likely N-dealkylation sites (N-methyl/N-ethyl adjacent to an activating group) is 1. The quantitative estimate of drug-likeness (QED) is 0.595. The zero-order valence-electron chi connectivity index (χ0n) is 17.1. The molecule has 6 nitrogen and oxygen atoms in total. The summed E-state index contributed by atoms with van der Waals surface area (Å²) in [5.74, 6) is -0.299. The summed E-state index contributed by atoms with van der Waals surface area (Å²) >= 11 is 4.88. The van der Waals surface area contributed by atoms with E-state index in [0.717, 1.165) is 47.0 Å². The van der Waals surface area contributed by atoms with Crippen LogP contribution in [0.4, 0.5) is 11.4 Å². The first-order chi connectivity index (χ1) is 14.4. The monoisotopic (exact) mass is 491 g/mol. The molecule has 0 radical (unpaired) electrons. The predicted molar refractivity (Wildman–Crippen MR) is 125 cm³/mol. The number of hydrogen-bond acceptors (Lipinski definition) is 5. The molecule has 2 aromatic carbocycles. The molecule has 1 aliphatic heterocycles. The van der Waals surface area contributed by atoms with Gasteiger partial charge in [0.1, 0.15) is 0 Å². The molecule has 0 aromatic heterocycles. The number of thioether (sulfide) groups is 1. The number of nitrogens with zero attached hydrogens (tertiary/aromatic N) is 2. The van der Waals surface area contributed by atoms with Crippen molar-refractivity contribution in [3.8, 4) is 0 Å². The Bertz CT molecular complexity index is 855. The summed E-state index contributed by atoms with van der Waals surface area (Å²) in [7, 11) is 1.65. The van der Waals surface area contributed by atoms with Crippen LogP contribution in [0.1, 0.15) is 6.92 Å². The van der Waals surface area contributed by atoms with Gasteiger partial charge < -0.3 is 19.9 Å². The van der Waals surface area contributed by atoms with Gasteiger partial charge in [0.05, 0.1) is 25.0 Å². The molecule has 3 rings (SSSR count). The third-order valence-corrected chi connectivity index (χ3v) is 6.39. The van der Waals surface area contributed by atoms with E-state index in [-0.39, 0.29) is 23.6 Å². The summed E-state index contributed by atoms with van der Waals surface area (Å²) in [6.45, 7) is 5.07. The number of morpholine rings is 1. The van der Waals surface area contributed by atoms with Crippen LogP contribution in [0.25, 0.3) is 0 Å². The van der Waals surface area contributed by atoms with Crippen LogP contribution < -0.4 is 10.2 Å². The van der Waals surface area contributed by atoms with E-state index in [9.17, 15) is 9.59 Å². The Kier molecular flexibility index (Phi) is 8.18. The Morgan fingerprint density at radius 1 is 1.13 bits per heavy atom. The summed E-state index contributed by atoms with van der Waals surface area (Å²) in [5, 5.41) is 2.58. The van der Waals surface area contributed by atoms with Gasteiger partial charge in [0, 0.05) is 40.9 Å². The van der Waals surface area contributed by atoms with E-state index in [1.165, 1.54) is 16.7 Å². The normalized spacial score (nSPS) is 14.8. The van der Waals surface area contributed by atoms with Crippen molar-refractivity contribution < 1.29 is 14.3 Å². The molecule has 8 heteroatoms. The van der Waals surface area contributed by atoms with Crippen molar-refractivity contribution in [2.45, 2.75) is 17.1 Å². The van der Waals surface area contributed by atoms with Gasteiger partial charge in [-0.25, -0.2) is 0 Å². The second-order valence-electron chi connectivity index (χ2n) is 7.10. The number of benzene rings is 2. The highest BCUT2D eigenvalue weighted by molar-refractivity contribution is 9.10. The van der Waals surface area contributed by atoms with Gasteiger partial charge in [0.15, 0.2) is 0 Å². The topological polar surface area (TPSA) is 61.9 Å². The van der Waals surface area contributed by atoms with Crippen LogP contribution in [-0.2, 0) is 14.3 Å². The Balaban J connectivity index is 1.48.